The lowest BCUT2D eigenvalue weighted by atomic mass is 9.80. The summed E-state index contributed by atoms with van der Waals surface area (Å²) in [6.07, 6.45) is 4.06. The van der Waals surface area contributed by atoms with E-state index in [2.05, 4.69) is 32.7 Å². The van der Waals surface area contributed by atoms with E-state index in [0.29, 0.717) is 6.54 Å². The van der Waals surface area contributed by atoms with Crippen molar-refractivity contribution in [3.8, 4) is 0 Å². The third-order valence-corrected chi connectivity index (χ3v) is 5.44. The van der Waals surface area contributed by atoms with Gasteiger partial charge in [0.1, 0.15) is 5.54 Å². The van der Waals surface area contributed by atoms with Gasteiger partial charge in [-0.3, -0.25) is 14.6 Å². The summed E-state index contributed by atoms with van der Waals surface area (Å²) in [7, 11) is 1.53. The van der Waals surface area contributed by atoms with Crippen LogP contribution in [0.5, 0.6) is 0 Å². The van der Waals surface area contributed by atoms with Crippen LogP contribution in [0.2, 0.25) is 0 Å². The van der Waals surface area contributed by atoms with Crippen molar-refractivity contribution < 1.29 is 9.59 Å². The second-order valence-electron chi connectivity index (χ2n) is 7.24. The van der Waals surface area contributed by atoms with E-state index >= 15 is 0 Å². The fraction of sp³-hybridized carbons (Fsp3) is 0.812. The maximum absolute atomic E-state index is 12.5. The highest BCUT2D eigenvalue weighted by Crippen LogP contribution is 2.32. The van der Waals surface area contributed by atoms with Crippen molar-refractivity contribution >= 4 is 11.9 Å². The van der Waals surface area contributed by atoms with Crippen LogP contribution < -0.4 is 5.32 Å². The highest BCUT2D eigenvalue weighted by molar-refractivity contribution is 6.06. The van der Waals surface area contributed by atoms with Crippen LogP contribution in [0.3, 0.4) is 0 Å². The summed E-state index contributed by atoms with van der Waals surface area (Å²) in [5, 5.41) is 14.9. The van der Waals surface area contributed by atoms with Gasteiger partial charge in [0.2, 0.25) is 0 Å². The molecule has 138 valence electrons. The molecule has 2 aliphatic rings. The highest BCUT2D eigenvalue weighted by atomic mass is 16.2. The number of hydrogen-bond donors (Lipinski definition) is 1. The SMILES string of the molecule is CCCCn1nnnc1CN1CCC[C@@H]([C@@]2(C)NC(=O)N(C)C2=O)C1. The molecule has 9 nitrogen and oxygen atoms in total. The van der Waals surface area contributed by atoms with Gasteiger partial charge < -0.3 is 5.32 Å². The van der Waals surface area contributed by atoms with Gasteiger partial charge in [-0.15, -0.1) is 5.10 Å². The van der Waals surface area contributed by atoms with E-state index in [0.717, 1.165) is 51.1 Å². The number of likely N-dealkylation sites (tertiary alicyclic amines) is 1. The number of imide groups is 1. The number of amides is 3. The van der Waals surface area contributed by atoms with Crippen molar-refractivity contribution in [1.29, 1.82) is 0 Å². The second kappa shape index (κ2) is 7.07. The number of carbonyl (C=O) groups is 2. The molecule has 2 aliphatic heterocycles. The van der Waals surface area contributed by atoms with Crippen LogP contribution in [0.15, 0.2) is 0 Å². The van der Waals surface area contributed by atoms with E-state index in [9.17, 15) is 9.59 Å². The number of aromatic nitrogens is 4. The monoisotopic (exact) mass is 349 g/mol. The Morgan fingerprint density at radius 3 is 2.84 bits per heavy atom. The summed E-state index contributed by atoms with van der Waals surface area (Å²) in [5.41, 5.74) is -0.821. The molecular formula is C16H27N7O2. The summed E-state index contributed by atoms with van der Waals surface area (Å²) >= 11 is 0. The van der Waals surface area contributed by atoms with Gasteiger partial charge in [0.15, 0.2) is 5.82 Å². The smallest absolute Gasteiger partial charge is 0.323 e. The molecule has 2 atom stereocenters. The fourth-order valence-electron chi connectivity index (χ4n) is 3.77. The second-order valence-corrected chi connectivity index (χ2v) is 7.24. The van der Waals surface area contributed by atoms with Crippen LogP contribution in [-0.2, 0) is 17.9 Å². The van der Waals surface area contributed by atoms with Gasteiger partial charge in [0, 0.05) is 26.1 Å². The lowest BCUT2D eigenvalue weighted by Gasteiger charge is -2.39. The molecule has 0 bridgehead atoms. The van der Waals surface area contributed by atoms with Gasteiger partial charge >= 0.3 is 6.03 Å². The molecule has 1 aromatic heterocycles. The van der Waals surface area contributed by atoms with E-state index in [1.54, 1.807) is 0 Å². The zero-order chi connectivity index (χ0) is 18.0. The van der Waals surface area contributed by atoms with Gasteiger partial charge in [-0.05, 0) is 43.2 Å². The maximum Gasteiger partial charge on any atom is 0.324 e. The van der Waals surface area contributed by atoms with Gasteiger partial charge in [-0.25, -0.2) is 9.48 Å². The molecular weight excluding hydrogens is 322 g/mol. The van der Waals surface area contributed by atoms with Gasteiger partial charge in [0.05, 0.1) is 6.54 Å². The number of tetrazole rings is 1. The third-order valence-electron chi connectivity index (χ3n) is 5.44. The molecule has 3 amide bonds. The Kier molecular flexibility index (Phi) is 5.03. The molecule has 0 aromatic carbocycles. The lowest BCUT2D eigenvalue weighted by molar-refractivity contribution is -0.132. The average molecular weight is 349 g/mol. The van der Waals surface area contributed by atoms with Crippen molar-refractivity contribution in [2.45, 2.75) is 58.2 Å². The number of rotatable bonds is 6. The van der Waals surface area contributed by atoms with Crippen LogP contribution in [-0.4, -0.2) is 67.6 Å². The maximum atomic E-state index is 12.5. The van der Waals surface area contributed by atoms with Gasteiger partial charge in [-0.2, -0.15) is 0 Å². The molecule has 1 N–H and O–H groups in total. The van der Waals surface area contributed by atoms with Crippen molar-refractivity contribution in [3.63, 3.8) is 0 Å². The average Bonchev–Trinajstić information content (AvgIpc) is 3.12. The minimum absolute atomic E-state index is 0.0858. The quantitative estimate of drug-likeness (QED) is 0.757. The summed E-state index contributed by atoms with van der Waals surface area (Å²) in [6, 6.07) is -0.312. The highest BCUT2D eigenvalue weighted by Gasteiger charge is 2.51. The number of carbonyl (C=O) groups excluding carboxylic acids is 2. The molecule has 2 fully saturated rings. The summed E-state index contributed by atoms with van der Waals surface area (Å²) in [5.74, 6) is 0.804. The third kappa shape index (κ3) is 3.37. The molecule has 9 heteroatoms. The Morgan fingerprint density at radius 1 is 1.36 bits per heavy atom. The number of unbranched alkanes of at least 4 members (excludes halogenated alkanes) is 1. The lowest BCUT2D eigenvalue weighted by Crippen LogP contribution is -2.55. The Labute approximate surface area is 147 Å². The first-order valence-corrected chi connectivity index (χ1v) is 9.03. The first kappa shape index (κ1) is 17.8. The van der Waals surface area contributed by atoms with E-state index < -0.39 is 5.54 Å². The summed E-state index contributed by atoms with van der Waals surface area (Å²) in [6.45, 7) is 7.18. The predicted molar refractivity (Wildman–Crippen MR) is 90.4 cm³/mol. The Balaban J connectivity index is 1.67. The first-order chi connectivity index (χ1) is 12.0. The number of piperidine rings is 1. The van der Waals surface area contributed by atoms with Crippen molar-refractivity contribution in [2.24, 2.45) is 5.92 Å². The first-order valence-electron chi connectivity index (χ1n) is 9.03. The molecule has 0 spiro atoms. The van der Waals surface area contributed by atoms with Crippen molar-refractivity contribution in [1.82, 2.24) is 35.3 Å². The molecule has 1 aromatic rings. The number of urea groups is 1. The zero-order valence-corrected chi connectivity index (χ0v) is 15.2. The zero-order valence-electron chi connectivity index (χ0n) is 15.2. The molecule has 0 aliphatic carbocycles. The van der Waals surface area contributed by atoms with Crippen molar-refractivity contribution in [2.75, 3.05) is 20.1 Å². The largest absolute Gasteiger partial charge is 0.324 e. The Morgan fingerprint density at radius 2 is 2.16 bits per heavy atom. The summed E-state index contributed by atoms with van der Waals surface area (Å²) in [4.78, 5) is 27.9. The molecule has 2 saturated heterocycles. The van der Waals surface area contributed by atoms with Crippen LogP contribution in [0, 0.1) is 5.92 Å². The Hall–Kier alpha value is -2.03. The van der Waals surface area contributed by atoms with Crippen LogP contribution in [0.4, 0.5) is 4.79 Å². The van der Waals surface area contributed by atoms with Crippen LogP contribution >= 0.6 is 0 Å². The molecule has 0 unspecified atom stereocenters. The number of likely N-dealkylation sites (N-methyl/N-ethyl adjacent to an activating group) is 1. The van der Waals surface area contributed by atoms with Gasteiger partial charge in [-0.1, -0.05) is 13.3 Å². The number of nitrogens with one attached hydrogen (secondary N) is 1. The van der Waals surface area contributed by atoms with E-state index in [1.807, 2.05) is 11.6 Å². The van der Waals surface area contributed by atoms with Crippen LogP contribution in [0.25, 0.3) is 0 Å². The fourth-order valence-corrected chi connectivity index (χ4v) is 3.77. The van der Waals surface area contributed by atoms with E-state index in [1.165, 1.54) is 11.9 Å². The molecule has 0 radical (unpaired) electrons. The topological polar surface area (TPSA) is 96.2 Å². The number of hydrogen-bond acceptors (Lipinski definition) is 6. The Bertz CT molecular complexity index is 646. The standard InChI is InChI=1S/C16H27N7O2/c1-4-5-9-23-13(18-19-20-23)11-22-8-6-7-12(10-22)16(2)14(24)21(3)15(25)17-16/h12H,4-11H2,1-3H3,(H,17,25)/t12-,16-/m1/s1. The van der Waals surface area contributed by atoms with Crippen molar-refractivity contribution in [3.05, 3.63) is 5.82 Å². The van der Waals surface area contributed by atoms with Gasteiger partial charge in [0.25, 0.3) is 5.91 Å². The molecule has 0 saturated carbocycles. The van der Waals surface area contributed by atoms with E-state index in [-0.39, 0.29) is 17.9 Å². The normalized spacial score (nSPS) is 27.8. The van der Waals surface area contributed by atoms with E-state index in [4.69, 9.17) is 0 Å². The molecule has 3 heterocycles. The number of nitrogens with zero attached hydrogens (tertiary/aromatic N) is 6. The molecule has 3 rings (SSSR count). The minimum Gasteiger partial charge on any atom is -0.323 e. The minimum atomic E-state index is -0.821. The summed E-state index contributed by atoms with van der Waals surface area (Å²) < 4.78 is 1.87. The number of aryl methyl sites for hydroxylation is 1. The van der Waals surface area contributed by atoms with Crippen LogP contribution in [0.1, 0.15) is 45.4 Å². The molecule has 25 heavy (non-hydrogen) atoms. The predicted octanol–water partition coefficient (Wildman–Crippen LogP) is 0.626.